The van der Waals surface area contributed by atoms with E-state index in [2.05, 4.69) is 10.6 Å². The summed E-state index contributed by atoms with van der Waals surface area (Å²) in [5.41, 5.74) is 0.876. The maximum absolute atomic E-state index is 12.1. The molecule has 5 nitrogen and oxygen atoms in total. The molecule has 2 amide bonds. The quantitative estimate of drug-likeness (QED) is 0.735. The van der Waals surface area contributed by atoms with Crippen molar-refractivity contribution in [2.45, 2.75) is 45.7 Å². The standard InChI is InChI=1S/C15H22N2O3/c1-4-10(2)16-15(20)14(17-11(3)18)9-12-5-7-13(19)8-6-12/h5-8,10,14,19H,4,9H2,1-3H3,(H,16,20)(H,17,18)/t10?,14-/m0/s1. The third kappa shape index (κ3) is 5.30. The SMILES string of the molecule is CCC(C)NC(=O)[C@H](Cc1ccc(O)cc1)NC(C)=O. The maximum atomic E-state index is 12.1. The first-order valence-electron chi connectivity index (χ1n) is 6.77. The molecule has 0 radical (unpaired) electrons. The number of phenols is 1. The average Bonchev–Trinajstić information content (AvgIpc) is 2.39. The lowest BCUT2D eigenvalue weighted by molar-refractivity contribution is -0.128. The summed E-state index contributed by atoms with van der Waals surface area (Å²) >= 11 is 0. The summed E-state index contributed by atoms with van der Waals surface area (Å²) in [6, 6.07) is 6.06. The Kier molecular flexibility index (Phi) is 6.03. The summed E-state index contributed by atoms with van der Waals surface area (Å²) in [5, 5.41) is 14.8. The molecule has 0 spiro atoms. The van der Waals surface area contributed by atoms with Gasteiger partial charge in [-0.15, -0.1) is 0 Å². The molecule has 0 saturated carbocycles. The highest BCUT2D eigenvalue weighted by molar-refractivity contribution is 5.87. The number of phenolic OH excluding ortho intramolecular Hbond substituents is 1. The molecule has 0 aliphatic carbocycles. The van der Waals surface area contributed by atoms with Crippen LogP contribution >= 0.6 is 0 Å². The zero-order valence-electron chi connectivity index (χ0n) is 12.1. The summed E-state index contributed by atoms with van der Waals surface area (Å²) in [4.78, 5) is 23.4. The largest absolute Gasteiger partial charge is 0.508 e. The van der Waals surface area contributed by atoms with Crippen molar-refractivity contribution in [1.29, 1.82) is 0 Å². The van der Waals surface area contributed by atoms with Gasteiger partial charge in [0.15, 0.2) is 0 Å². The molecule has 0 fully saturated rings. The monoisotopic (exact) mass is 278 g/mol. The van der Waals surface area contributed by atoms with Crippen LogP contribution in [0.3, 0.4) is 0 Å². The number of benzene rings is 1. The Labute approximate surface area is 119 Å². The van der Waals surface area contributed by atoms with Gasteiger partial charge in [0.1, 0.15) is 11.8 Å². The molecule has 1 unspecified atom stereocenters. The smallest absolute Gasteiger partial charge is 0.243 e. The molecule has 0 saturated heterocycles. The Morgan fingerprint density at radius 2 is 1.80 bits per heavy atom. The molecule has 0 bridgehead atoms. The van der Waals surface area contributed by atoms with Gasteiger partial charge in [0, 0.05) is 19.4 Å². The molecule has 0 aliphatic rings. The first-order valence-corrected chi connectivity index (χ1v) is 6.77. The molecule has 2 atom stereocenters. The molecule has 1 aromatic carbocycles. The number of aromatic hydroxyl groups is 1. The van der Waals surface area contributed by atoms with Gasteiger partial charge >= 0.3 is 0 Å². The van der Waals surface area contributed by atoms with Crippen LogP contribution in [0.1, 0.15) is 32.8 Å². The van der Waals surface area contributed by atoms with E-state index in [0.717, 1.165) is 12.0 Å². The van der Waals surface area contributed by atoms with E-state index in [4.69, 9.17) is 0 Å². The van der Waals surface area contributed by atoms with E-state index >= 15 is 0 Å². The van der Waals surface area contributed by atoms with Crippen LogP contribution in [0, 0.1) is 0 Å². The highest BCUT2D eigenvalue weighted by Gasteiger charge is 2.20. The number of carbonyl (C=O) groups excluding carboxylic acids is 2. The van der Waals surface area contributed by atoms with Crippen molar-refractivity contribution in [1.82, 2.24) is 10.6 Å². The van der Waals surface area contributed by atoms with Gasteiger partial charge in [-0.3, -0.25) is 9.59 Å². The van der Waals surface area contributed by atoms with Gasteiger partial charge < -0.3 is 15.7 Å². The zero-order chi connectivity index (χ0) is 15.1. The molecule has 20 heavy (non-hydrogen) atoms. The minimum atomic E-state index is -0.606. The number of nitrogens with one attached hydrogen (secondary N) is 2. The van der Waals surface area contributed by atoms with Crippen molar-refractivity contribution >= 4 is 11.8 Å². The number of amides is 2. The Bertz CT molecular complexity index is 457. The van der Waals surface area contributed by atoms with Crippen LogP contribution in [0.4, 0.5) is 0 Å². The van der Waals surface area contributed by atoms with Crippen LogP contribution in [0.15, 0.2) is 24.3 Å². The van der Waals surface area contributed by atoms with Gasteiger partial charge in [-0.05, 0) is 31.0 Å². The Morgan fingerprint density at radius 3 is 2.30 bits per heavy atom. The summed E-state index contributed by atoms with van der Waals surface area (Å²) in [7, 11) is 0. The number of hydrogen-bond donors (Lipinski definition) is 3. The topological polar surface area (TPSA) is 78.4 Å². The van der Waals surface area contributed by atoms with Crippen molar-refractivity contribution < 1.29 is 14.7 Å². The fraction of sp³-hybridized carbons (Fsp3) is 0.467. The van der Waals surface area contributed by atoms with Crippen molar-refractivity contribution in [2.75, 3.05) is 0 Å². The van der Waals surface area contributed by atoms with Gasteiger partial charge in [0.2, 0.25) is 11.8 Å². The van der Waals surface area contributed by atoms with E-state index in [1.807, 2.05) is 13.8 Å². The maximum Gasteiger partial charge on any atom is 0.243 e. The van der Waals surface area contributed by atoms with Crippen LogP contribution in [-0.2, 0) is 16.0 Å². The second-order valence-electron chi connectivity index (χ2n) is 4.94. The lowest BCUT2D eigenvalue weighted by Crippen LogP contribution is -2.49. The predicted molar refractivity (Wildman–Crippen MR) is 77.3 cm³/mol. The van der Waals surface area contributed by atoms with Gasteiger partial charge in [0.25, 0.3) is 0 Å². The van der Waals surface area contributed by atoms with Gasteiger partial charge in [0.05, 0.1) is 0 Å². The molecule has 0 aromatic heterocycles. The average molecular weight is 278 g/mol. The second-order valence-corrected chi connectivity index (χ2v) is 4.94. The van der Waals surface area contributed by atoms with E-state index in [1.54, 1.807) is 24.3 Å². The Hall–Kier alpha value is -2.04. The molecular formula is C15H22N2O3. The summed E-state index contributed by atoms with van der Waals surface area (Å²) in [5.74, 6) is -0.260. The van der Waals surface area contributed by atoms with Crippen LogP contribution < -0.4 is 10.6 Å². The summed E-state index contributed by atoms with van der Waals surface area (Å²) < 4.78 is 0. The molecule has 110 valence electrons. The van der Waals surface area contributed by atoms with Crippen molar-refractivity contribution in [2.24, 2.45) is 0 Å². The molecule has 5 heteroatoms. The fourth-order valence-electron chi connectivity index (χ4n) is 1.77. The van der Waals surface area contributed by atoms with Crippen molar-refractivity contribution in [3.63, 3.8) is 0 Å². The number of rotatable bonds is 6. The minimum absolute atomic E-state index is 0.0681. The van der Waals surface area contributed by atoms with E-state index in [-0.39, 0.29) is 23.6 Å². The fourth-order valence-corrected chi connectivity index (χ4v) is 1.77. The molecule has 1 rings (SSSR count). The van der Waals surface area contributed by atoms with Crippen molar-refractivity contribution in [3.05, 3.63) is 29.8 Å². The Morgan fingerprint density at radius 1 is 1.20 bits per heavy atom. The highest BCUT2D eigenvalue weighted by atomic mass is 16.3. The van der Waals surface area contributed by atoms with Crippen LogP contribution in [0.2, 0.25) is 0 Å². The lowest BCUT2D eigenvalue weighted by atomic mass is 10.0. The normalized spacial score (nSPS) is 13.3. The first-order chi connectivity index (χ1) is 9.42. The second kappa shape index (κ2) is 7.53. The Balaban J connectivity index is 2.75. The molecule has 0 aliphatic heterocycles. The van der Waals surface area contributed by atoms with Crippen molar-refractivity contribution in [3.8, 4) is 5.75 Å². The summed E-state index contributed by atoms with van der Waals surface area (Å²) in [6.45, 7) is 5.29. The lowest BCUT2D eigenvalue weighted by Gasteiger charge is -2.20. The van der Waals surface area contributed by atoms with Crippen LogP contribution in [0.5, 0.6) is 5.75 Å². The van der Waals surface area contributed by atoms with Gasteiger partial charge in [-0.25, -0.2) is 0 Å². The highest BCUT2D eigenvalue weighted by Crippen LogP contribution is 2.11. The van der Waals surface area contributed by atoms with E-state index in [9.17, 15) is 14.7 Å². The molecule has 1 aromatic rings. The minimum Gasteiger partial charge on any atom is -0.508 e. The third-order valence-electron chi connectivity index (χ3n) is 3.07. The zero-order valence-corrected chi connectivity index (χ0v) is 12.1. The van der Waals surface area contributed by atoms with E-state index in [0.29, 0.717) is 6.42 Å². The van der Waals surface area contributed by atoms with Gasteiger partial charge in [-0.2, -0.15) is 0 Å². The molecule has 0 heterocycles. The van der Waals surface area contributed by atoms with Crippen LogP contribution in [-0.4, -0.2) is 29.0 Å². The number of hydrogen-bond acceptors (Lipinski definition) is 3. The van der Waals surface area contributed by atoms with E-state index < -0.39 is 6.04 Å². The molecule has 3 N–H and O–H groups in total. The predicted octanol–water partition coefficient (Wildman–Crippen LogP) is 1.35. The number of carbonyl (C=O) groups is 2. The van der Waals surface area contributed by atoms with E-state index in [1.165, 1.54) is 6.92 Å². The third-order valence-corrected chi connectivity index (χ3v) is 3.07. The summed E-state index contributed by atoms with van der Waals surface area (Å²) in [6.07, 6.45) is 1.22. The van der Waals surface area contributed by atoms with Crippen LogP contribution in [0.25, 0.3) is 0 Å². The first kappa shape index (κ1) is 16.0. The molecular weight excluding hydrogens is 256 g/mol. The van der Waals surface area contributed by atoms with Gasteiger partial charge in [-0.1, -0.05) is 19.1 Å².